The number of rotatable bonds is 4. The van der Waals surface area contributed by atoms with E-state index in [0.29, 0.717) is 42.7 Å². The number of hydrogen-bond donors (Lipinski definition) is 1. The lowest BCUT2D eigenvalue weighted by molar-refractivity contribution is -0.138. The number of aromatic nitrogens is 4. The number of benzene rings is 1. The van der Waals surface area contributed by atoms with Crippen LogP contribution < -0.4 is 10.2 Å². The number of ether oxygens (including phenoxy) is 1. The summed E-state index contributed by atoms with van der Waals surface area (Å²) in [4.78, 5) is 19.5. The van der Waals surface area contributed by atoms with Gasteiger partial charge in [0.15, 0.2) is 17.0 Å². The Morgan fingerprint density at radius 3 is 2.76 bits per heavy atom. The van der Waals surface area contributed by atoms with Crippen LogP contribution >= 0.6 is 0 Å². The first-order valence-corrected chi connectivity index (χ1v) is 9.15. The molecule has 1 saturated heterocycles. The Bertz CT molecular complexity index is 1010. The van der Waals surface area contributed by atoms with Crippen molar-refractivity contribution in [3.8, 4) is 0 Å². The van der Waals surface area contributed by atoms with Gasteiger partial charge in [-0.25, -0.2) is 9.97 Å². The van der Waals surface area contributed by atoms with Crippen molar-refractivity contribution in [1.29, 1.82) is 0 Å². The highest BCUT2D eigenvalue weighted by molar-refractivity contribution is 5.83. The highest BCUT2D eigenvalue weighted by atomic mass is 19.4. The van der Waals surface area contributed by atoms with E-state index in [4.69, 9.17) is 4.74 Å². The number of alkyl halides is 3. The van der Waals surface area contributed by atoms with Crippen LogP contribution in [0.15, 0.2) is 36.7 Å². The predicted octanol–water partition coefficient (Wildman–Crippen LogP) is 3.28. The molecule has 1 fully saturated rings. The third-order valence-corrected chi connectivity index (χ3v) is 4.71. The third-order valence-electron chi connectivity index (χ3n) is 4.71. The normalized spacial score (nSPS) is 17.5. The number of nitrogens with one attached hydrogen (secondary N) is 1. The molecule has 1 aliphatic heterocycles. The molecular weight excluding hydrogens is 385 g/mol. The molecule has 0 aliphatic carbocycles. The molecule has 4 rings (SSSR count). The van der Waals surface area contributed by atoms with Crippen LogP contribution in [0.3, 0.4) is 0 Å². The summed E-state index contributed by atoms with van der Waals surface area (Å²) in [5, 5.41) is 3.00. The van der Waals surface area contributed by atoms with Gasteiger partial charge in [-0.2, -0.15) is 23.1 Å². The number of anilines is 2. The Labute approximate surface area is 165 Å². The van der Waals surface area contributed by atoms with Gasteiger partial charge in [-0.1, -0.05) is 18.2 Å². The second-order valence-electron chi connectivity index (χ2n) is 6.73. The zero-order chi connectivity index (χ0) is 20.4. The van der Waals surface area contributed by atoms with Gasteiger partial charge in [-0.3, -0.25) is 0 Å². The van der Waals surface area contributed by atoms with Crippen LogP contribution in [0.4, 0.5) is 24.9 Å². The Hall–Kier alpha value is -3.01. The minimum absolute atomic E-state index is 0.0591. The summed E-state index contributed by atoms with van der Waals surface area (Å²) in [6.07, 6.45) is -1.41. The molecule has 1 aromatic carbocycles. The largest absolute Gasteiger partial charge is 0.416 e. The molecule has 0 amide bonds. The number of morpholine rings is 1. The van der Waals surface area contributed by atoms with Gasteiger partial charge in [0.25, 0.3) is 0 Å². The molecule has 0 radical (unpaired) electrons. The minimum Gasteiger partial charge on any atom is -0.377 e. The number of halogens is 3. The molecular formula is C19H19F3N6O. The second-order valence-corrected chi connectivity index (χ2v) is 6.73. The number of nitrogens with zero attached hydrogens (tertiary/aromatic N) is 5. The molecule has 1 aliphatic rings. The molecule has 7 nitrogen and oxygen atoms in total. The quantitative estimate of drug-likeness (QED) is 0.715. The van der Waals surface area contributed by atoms with E-state index < -0.39 is 11.7 Å². The van der Waals surface area contributed by atoms with Gasteiger partial charge in [0.05, 0.1) is 24.8 Å². The Balaban J connectivity index is 1.69. The Morgan fingerprint density at radius 1 is 1.17 bits per heavy atom. The highest BCUT2D eigenvalue weighted by Crippen LogP contribution is 2.32. The van der Waals surface area contributed by atoms with Crippen LogP contribution in [0.25, 0.3) is 11.2 Å². The summed E-state index contributed by atoms with van der Waals surface area (Å²) in [5.74, 6) is 0.786. The Kier molecular flexibility index (Phi) is 5.18. The van der Waals surface area contributed by atoms with Crippen molar-refractivity contribution in [3.05, 3.63) is 47.8 Å². The van der Waals surface area contributed by atoms with Crippen molar-refractivity contribution in [1.82, 2.24) is 19.9 Å². The lowest BCUT2D eigenvalue weighted by atomic mass is 10.1. The fourth-order valence-electron chi connectivity index (χ4n) is 3.26. The van der Waals surface area contributed by atoms with E-state index in [0.717, 1.165) is 6.07 Å². The van der Waals surface area contributed by atoms with Crippen LogP contribution in [0.1, 0.15) is 18.1 Å². The molecule has 1 unspecified atom stereocenters. The molecule has 1 N–H and O–H groups in total. The van der Waals surface area contributed by atoms with Crippen LogP contribution in [-0.2, 0) is 17.5 Å². The summed E-state index contributed by atoms with van der Waals surface area (Å²) < 4.78 is 45.3. The van der Waals surface area contributed by atoms with Crippen LogP contribution in [0.2, 0.25) is 0 Å². The lowest BCUT2D eigenvalue weighted by Gasteiger charge is -2.33. The van der Waals surface area contributed by atoms with Gasteiger partial charge in [-0.05, 0) is 18.6 Å². The predicted molar refractivity (Wildman–Crippen MR) is 102 cm³/mol. The maximum atomic E-state index is 13.3. The summed E-state index contributed by atoms with van der Waals surface area (Å²) in [6.45, 7) is 3.65. The molecule has 29 heavy (non-hydrogen) atoms. The van der Waals surface area contributed by atoms with Crippen molar-refractivity contribution >= 4 is 22.9 Å². The fourth-order valence-corrected chi connectivity index (χ4v) is 3.26. The number of fused-ring (bicyclic) bond motifs is 1. The third kappa shape index (κ3) is 4.07. The van der Waals surface area contributed by atoms with E-state index in [1.807, 2.05) is 11.8 Å². The first-order valence-electron chi connectivity index (χ1n) is 9.15. The monoisotopic (exact) mass is 404 g/mol. The summed E-state index contributed by atoms with van der Waals surface area (Å²) >= 11 is 0. The van der Waals surface area contributed by atoms with Gasteiger partial charge in [-0.15, -0.1) is 0 Å². The molecule has 10 heteroatoms. The van der Waals surface area contributed by atoms with Crippen molar-refractivity contribution in [2.45, 2.75) is 25.7 Å². The second kappa shape index (κ2) is 7.78. The maximum Gasteiger partial charge on any atom is 0.416 e. The van der Waals surface area contributed by atoms with Crippen molar-refractivity contribution in [2.24, 2.45) is 0 Å². The Morgan fingerprint density at radius 2 is 1.97 bits per heavy atom. The first-order chi connectivity index (χ1) is 13.9. The molecule has 0 saturated carbocycles. The lowest BCUT2D eigenvalue weighted by Crippen LogP contribution is -2.44. The van der Waals surface area contributed by atoms with Crippen molar-refractivity contribution in [3.63, 3.8) is 0 Å². The molecule has 0 bridgehead atoms. The van der Waals surface area contributed by atoms with Gasteiger partial charge in [0.2, 0.25) is 5.95 Å². The van der Waals surface area contributed by atoms with E-state index in [9.17, 15) is 13.2 Å². The summed E-state index contributed by atoms with van der Waals surface area (Å²) in [6, 6.07) is 5.52. The van der Waals surface area contributed by atoms with Crippen molar-refractivity contribution in [2.75, 3.05) is 30.0 Å². The zero-order valence-electron chi connectivity index (χ0n) is 15.6. The molecule has 1 atom stereocenters. The van der Waals surface area contributed by atoms with E-state index in [1.54, 1.807) is 6.07 Å². The van der Waals surface area contributed by atoms with E-state index in [1.165, 1.54) is 24.5 Å². The van der Waals surface area contributed by atoms with E-state index in [2.05, 4.69) is 25.3 Å². The zero-order valence-corrected chi connectivity index (χ0v) is 15.6. The van der Waals surface area contributed by atoms with Gasteiger partial charge in [0, 0.05) is 25.5 Å². The fraction of sp³-hybridized carbons (Fsp3) is 0.368. The molecule has 0 spiro atoms. The minimum atomic E-state index is -4.43. The van der Waals surface area contributed by atoms with E-state index >= 15 is 0 Å². The average molecular weight is 404 g/mol. The van der Waals surface area contributed by atoms with Gasteiger partial charge >= 0.3 is 6.18 Å². The molecule has 3 heterocycles. The standard InChI is InChI=1S/C19H19F3N6O/c1-12-11-29-9-8-28(12)18-26-16-15(23-6-7-24-16)17(27-18)25-10-13-4-2-3-5-14(13)19(20,21)22/h2-7,12H,8-11H2,1H3,(H,24,25,26,27). The first kappa shape index (κ1) is 19.3. The SMILES string of the molecule is CC1COCCN1c1nc(NCc2ccccc2C(F)(F)F)c2nccnc2n1. The molecule has 3 aromatic rings. The van der Waals surface area contributed by atoms with Crippen LogP contribution in [-0.4, -0.2) is 45.7 Å². The van der Waals surface area contributed by atoms with E-state index in [-0.39, 0.29) is 18.2 Å². The summed E-state index contributed by atoms with van der Waals surface area (Å²) in [7, 11) is 0. The van der Waals surface area contributed by atoms with Crippen molar-refractivity contribution < 1.29 is 17.9 Å². The maximum absolute atomic E-state index is 13.3. The molecule has 2 aromatic heterocycles. The van der Waals surface area contributed by atoms with Crippen LogP contribution in [0.5, 0.6) is 0 Å². The van der Waals surface area contributed by atoms with Crippen LogP contribution in [0, 0.1) is 0 Å². The average Bonchev–Trinajstić information content (AvgIpc) is 2.71. The van der Waals surface area contributed by atoms with Gasteiger partial charge < -0.3 is 15.0 Å². The topological polar surface area (TPSA) is 76.1 Å². The highest BCUT2D eigenvalue weighted by Gasteiger charge is 2.33. The van der Waals surface area contributed by atoms with Gasteiger partial charge in [0.1, 0.15) is 0 Å². The smallest absolute Gasteiger partial charge is 0.377 e. The number of hydrogen-bond acceptors (Lipinski definition) is 7. The molecule has 152 valence electrons. The summed E-state index contributed by atoms with van der Waals surface area (Å²) in [5.41, 5.74) is 0.223.